The number of esters is 2. The van der Waals surface area contributed by atoms with Gasteiger partial charge in [0.2, 0.25) is 0 Å². The van der Waals surface area contributed by atoms with Crippen LogP contribution >= 0.6 is 23.2 Å². The third kappa shape index (κ3) is 4.97. The molecule has 25 heavy (non-hydrogen) atoms. The van der Waals surface area contributed by atoms with Crippen LogP contribution in [0.2, 0.25) is 10.0 Å². The molecule has 0 bridgehead atoms. The fraction of sp³-hybridized carbons (Fsp3) is 0.250. The average molecular weight is 470 g/mol. The minimum Gasteiger partial charge on any atom is -0.462 e. The summed E-state index contributed by atoms with van der Waals surface area (Å²) in [6.07, 6.45) is 2.71. The third-order valence-electron chi connectivity index (χ3n) is 2.97. The van der Waals surface area contributed by atoms with Gasteiger partial charge in [-0.1, -0.05) is 23.2 Å². The van der Waals surface area contributed by atoms with E-state index in [-0.39, 0.29) is 54.0 Å². The van der Waals surface area contributed by atoms with E-state index in [0.717, 1.165) is 0 Å². The van der Waals surface area contributed by atoms with Crippen molar-refractivity contribution in [3.8, 4) is 11.4 Å². The van der Waals surface area contributed by atoms with Crippen molar-refractivity contribution in [1.29, 1.82) is 0 Å². The van der Waals surface area contributed by atoms with Crippen molar-refractivity contribution < 1.29 is 38.5 Å². The minimum atomic E-state index is -0.655. The van der Waals surface area contributed by atoms with Crippen molar-refractivity contribution in [2.45, 2.75) is 13.8 Å². The van der Waals surface area contributed by atoms with Crippen LogP contribution in [0.3, 0.4) is 0 Å². The van der Waals surface area contributed by atoms with Gasteiger partial charge in [0, 0.05) is 12.4 Å². The molecule has 0 unspecified atom stereocenters. The molecule has 0 N–H and O–H groups in total. The smallest absolute Gasteiger partial charge is 0.462 e. The molecule has 6 nitrogen and oxygen atoms in total. The molecule has 0 saturated heterocycles. The fourth-order valence-electron chi connectivity index (χ4n) is 1.94. The molecule has 132 valence electrons. The Balaban J connectivity index is 0.00000312. The van der Waals surface area contributed by atoms with Crippen molar-refractivity contribution >= 4 is 35.1 Å². The number of nitrogens with zero attached hydrogens (tertiary/aromatic N) is 2. The standard InChI is InChI=1S/C16H14Cl2N2O4.Ru/c1-3-23-15(21)9-5-6-19-11(7-9)14-13(18)12(10(17)8-20-14)16(22)24-4-2;/h5-8H,3-4H2,1-2H3;/q;+2. The monoisotopic (exact) mass is 470 g/mol. The Labute approximate surface area is 167 Å². The molecule has 0 amide bonds. The summed E-state index contributed by atoms with van der Waals surface area (Å²) in [6, 6.07) is 2.99. The Morgan fingerprint density at radius 1 is 1.08 bits per heavy atom. The molecular formula is C16H14Cl2N2O4Ru+2. The van der Waals surface area contributed by atoms with Crippen molar-refractivity contribution in [3.05, 3.63) is 45.7 Å². The molecule has 0 radical (unpaired) electrons. The summed E-state index contributed by atoms with van der Waals surface area (Å²) in [5, 5.41) is 0.0817. The quantitative estimate of drug-likeness (QED) is 0.489. The number of pyridine rings is 2. The zero-order valence-electron chi connectivity index (χ0n) is 13.4. The van der Waals surface area contributed by atoms with Crippen LogP contribution in [-0.2, 0) is 29.0 Å². The normalized spacial score (nSPS) is 9.92. The van der Waals surface area contributed by atoms with E-state index >= 15 is 0 Å². The van der Waals surface area contributed by atoms with E-state index in [0.29, 0.717) is 11.3 Å². The molecule has 0 aliphatic rings. The molecule has 0 aliphatic carbocycles. The van der Waals surface area contributed by atoms with E-state index in [9.17, 15) is 9.59 Å². The summed E-state index contributed by atoms with van der Waals surface area (Å²) in [4.78, 5) is 32.1. The van der Waals surface area contributed by atoms with Crippen molar-refractivity contribution in [3.63, 3.8) is 0 Å². The van der Waals surface area contributed by atoms with Crippen LogP contribution < -0.4 is 0 Å². The van der Waals surface area contributed by atoms with Gasteiger partial charge in [0.15, 0.2) is 0 Å². The zero-order chi connectivity index (χ0) is 17.7. The van der Waals surface area contributed by atoms with Gasteiger partial charge in [-0.3, -0.25) is 9.97 Å². The maximum atomic E-state index is 12.0. The number of carbonyl (C=O) groups is 2. The number of aromatic nitrogens is 2. The Morgan fingerprint density at radius 2 is 1.72 bits per heavy atom. The molecule has 2 heterocycles. The Morgan fingerprint density at radius 3 is 2.36 bits per heavy atom. The van der Waals surface area contributed by atoms with E-state index in [1.54, 1.807) is 13.8 Å². The predicted octanol–water partition coefficient (Wildman–Crippen LogP) is 3.80. The summed E-state index contributed by atoms with van der Waals surface area (Å²) < 4.78 is 9.89. The maximum Gasteiger partial charge on any atom is 2.00 e. The first-order valence-corrected chi connectivity index (χ1v) is 7.89. The summed E-state index contributed by atoms with van der Waals surface area (Å²) in [7, 11) is 0. The molecule has 0 aliphatic heterocycles. The number of hydrogen-bond acceptors (Lipinski definition) is 6. The zero-order valence-corrected chi connectivity index (χ0v) is 16.6. The van der Waals surface area contributed by atoms with Crippen molar-refractivity contribution in [2.75, 3.05) is 13.2 Å². The minimum absolute atomic E-state index is 0. The van der Waals surface area contributed by atoms with Gasteiger partial charge >= 0.3 is 31.4 Å². The second-order valence-electron chi connectivity index (χ2n) is 4.51. The summed E-state index contributed by atoms with van der Waals surface area (Å²) in [5.74, 6) is -1.14. The number of rotatable bonds is 5. The number of hydrogen-bond donors (Lipinski definition) is 0. The summed E-state index contributed by atoms with van der Waals surface area (Å²) >= 11 is 12.3. The van der Waals surface area contributed by atoms with Crippen LogP contribution in [0.4, 0.5) is 0 Å². The first-order valence-electron chi connectivity index (χ1n) is 7.14. The van der Waals surface area contributed by atoms with Gasteiger partial charge in [-0.2, -0.15) is 0 Å². The average Bonchev–Trinajstić information content (AvgIpc) is 2.55. The molecule has 2 rings (SSSR count). The molecule has 2 aromatic heterocycles. The van der Waals surface area contributed by atoms with E-state index in [2.05, 4.69) is 9.97 Å². The number of carbonyl (C=O) groups excluding carboxylic acids is 2. The molecule has 0 saturated carbocycles. The topological polar surface area (TPSA) is 78.4 Å². The van der Waals surface area contributed by atoms with Crippen LogP contribution in [0.15, 0.2) is 24.5 Å². The molecule has 0 spiro atoms. The van der Waals surface area contributed by atoms with E-state index < -0.39 is 11.9 Å². The van der Waals surface area contributed by atoms with E-state index in [4.69, 9.17) is 32.7 Å². The largest absolute Gasteiger partial charge is 2.00 e. The van der Waals surface area contributed by atoms with Crippen molar-refractivity contribution in [1.82, 2.24) is 9.97 Å². The molecule has 0 atom stereocenters. The molecule has 9 heteroatoms. The molecule has 2 aromatic rings. The summed E-state index contributed by atoms with van der Waals surface area (Å²) in [5.41, 5.74) is 0.837. The van der Waals surface area contributed by atoms with Gasteiger partial charge in [0.05, 0.1) is 34.5 Å². The van der Waals surface area contributed by atoms with Gasteiger partial charge in [0.25, 0.3) is 0 Å². The van der Waals surface area contributed by atoms with Crippen LogP contribution in [0.5, 0.6) is 0 Å². The molecule has 0 fully saturated rings. The van der Waals surface area contributed by atoms with Gasteiger partial charge < -0.3 is 9.47 Å². The van der Waals surface area contributed by atoms with Crippen LogP contribution in [0.25, 0.3) is 11.4 Å². The van der Waals surface area contributed by atoms with Gasteiger partial charge in [-0.05, 0) is 26.0 Å². The van der Waals surface area contributed by atoms with E-state index in [1.165, 1.54) is 24.5 Å². The fourth-order valence-corrected chi connectivity index (χ4v) is 2.53. The van der Waals surface area contributed by atoms with Crippen LogP contribution in [0, 0.1) is 0 Å². The predicted molar refractivity (Wildman–Crippen MR) is 89.4 cm³/mol. The van der Waals surface area contributed by atoms with Crippen LogP contribution in [0.1, 0.15) is 34.6 Å². The van der Waals surface area contributed by atoms with Gasteiger partial charge in [-0.25, -0.2) is 9.59 Å². The first-order chi connectivity index (χ1) is 11.5. The van der Waals surface area contributed by atoms with Gasteiger partial charge in [0.1, 0.15) is 11.3 Å². The van der Waals surface area contributed by atoms with Crippen molar-refractivity contribution in [2.24, 2.45) is 0 Å². The Hall–Kier alpha value is -1.56. The molecular weight excluding hydrogens is 456 g/mol. The second kappa shape index (κ2) is 9.80. The maximum absolute atomic E-state index is 12.0. The first kappa shape index (κ1) is 21.5. The SMILES string of the molecule is CCOC(=O)c1ccnc(-c2ncc(Cl)c(C(=O)OCC)c2Cl)c1.[Ru+2]. The molecule has 0 aromatic carbocycles. The number of ether oxygens (including phenoxy) is 2. The number of halogens is 2. The summed E-state index contributed by atoms with van der Waals surface area (Å²) in [6.45, 7) is 3.82. The van der Waals surface area contributed by atoms with Gasteiger partial charge in [-0.15, -0.1) is 0 Å². The third-order valence-corrected chi connectivity index (χ3v) is 3.62. The second-order valence-corrected chi connectivity index (χ2v) is 5.30. The van der Waals surface area contributed by atoms with Crippen LogP contribution in [-0.4, -0.2) is 35.1 Å². The Kier molecular flexibility index (Phi) is 8.43. The van der Waals surface area contributed by atoms with E-state index in [1.807, 2.05) is 0 Å². The Bertz CT molecular complexity index is 787.